The van der Waals surface area contributed by atoms with Crippen LogP contribution in [0.5, 0.6) is 0 Å². The van der Waals surface area contributed by atoms with E-state index in [9.17, 15) is 77.0 Å². The molecule has 0 aliphatic rings. The minimum atomic E-state index is -1.37. The van der Waals surface area contributed by atoms with Gasteiger partial charge >= 0.3 is 0 Å². The van der Waals surface area contributed by atoms with Crippen molar-refractivity contribution in [2.75, 3.05) is 26.2 Å². The summed E-state index contributed by atoms with van der Waals surface area (Å²) in [6.07, 6.45) is 26.2. The molecule has 3 rings (SSSR count). The maximum absolute atomic E-state index is 14.7. The maximum Gasteiger partial charge on any atom is 0.224 e. The van der Waals surface area contributed by atoms with Crippen LogP contribution in [0.25, 0.3) is 0 Å². The van der Waals surface area contributed by atoms with Gasteiger partial charge in [0.1, 0.15) is 6.04 Å². The third-order valence-electron chi connectivity index (χ3n) is 24.3. The Bertz CT molecular complexity index is 4160. The number of aromatic nitrogens is 6. The van der Waals surface area contributed by atoms with E-state index in [-0.39, 0.29) is 187 Å². The van der Waals surface area contributed by atoms with Crippen molar-refractivity contribution >= 4 is 106 Å². The number of nitrogens with two attached hydrogens (primary N) is 7. The maximum atomic E-state index is 14.7. The van der Waals surface area contributed by atoms with Crippen LogP contribution in [0.2, 0.25) is 0 Å². The van der Waals surface area contributed by atoms with Crippen LogP contribution in [0.1, 0.15) is 307 Å². The zero-order valence-electron chi connectivity index (χ0n) is 82.8. The summed E-state index contributed by atoms with van der Waals surface area (Å²) >= 11 is 0. The summed E-state index contributed by atoms with van der Waals surface area (Å²) in [5.74, 6) is -14.4. The number of aromatic amines is 3. The van der Waals surface area contributed by atoms with Gasteiger partial charge in [-0.25, -0.2) is 15.0 Å². The third-order valence-corrected chi connectivity index (χ3v) is 24.3. The van der Waals surface area contributed by atoms with Crippen molar-refractivity contribution < 1.29 is 77.0 Å². The molecule has 0 aromatic carbocycles. The lowest BCUT2D eigenvalue weighted by Gasteiger charge is -2.27. The van der Waals surface area contributed by atoms with E-state index in [4.69, 9.17) is 40.1 Å². The largest absolute Gasteiger partial charge is 0.394 e. The predicted octanol–water partition coefficient (Wildman–Crippen LogP) is 6.31. The molecule has 0 aliphatic heterocycles. The topological polar surface area (TPSA) is 666 Å². The van der Waals surface area contributed by atoms with Crippen LogP contribution in [0.3, 0.4) is 0 Å². The first-order valence-corrected chi connectivity index (χ1v) is 48.7. The Labute approximate surface area is 798 Å². The minimum Gasteiger partial charge on any atom is -0.394 e. The molecule has 135 heavy (non-hydrogen) atoms. The highest BCUT2D eigenvalue weighted by molar-refractivity contribution is 6.00. The molecular weight excluding hydrogens is 1730 g/mol. The average molecular weight is 1900 g/mol. The number of amides is 8. The molecule has 0 radical (unpaired) electrons. The molecule has 3 aromatic rings. The van der Waals surface area contributed by atoms with Crippen molar-refractivity contribution in [1.29, 1.82) is 0 Å². The van der Waals surface area contributed by atoms with Crippen molar-refractivity contribution in [2.45, 2.75) is 351 Å². The van der Waals surface area contributed by atoms with Crippen LogP contribution in [0.15, 0.2) is 52.5 Å². The lowest BCUT2D eigenvalue weighted by atomic mass is 9.85. The second-order valence-electron chi connectivity index (χ2n) is 37.5. The molecule has 0 bridgehead atoms. The first-order chi connectivity index (χ1) is 63.9. The standard InChI is InChI=1S/C54H96N16O10.C42H69N7O6/c1-9-32(7)38(47(55)76)26-46(75)42(28-71)70-50(79)35(20-30(3)4)24-45(74)41(21-31(5)6)69-49(78)34(14-11-17-63-52(56)57)23-43(72)40(16-13-19-65-54(60)61)68-51(80)36(22-37-27-62-29-66-37)25-44(73)39(15-12-18-64-53(58)59)67-48(77)33(8)10-2;1-7-8-9-10-11-12-13-14-15-16-17-18-19-20-39(53)48-36(24-35-26-44-28-46-35)37(51)21-30(4)41(54)49-40(29(2)3)38(52)23-33(22-34-25-43-27-45-34)42(55)47-31(5)32(6)50/h27,29-36,38-42,71H,9-26,28H2,1-8H3,(H2,55,76)(H,62,66)(H,67,77)(H,68,80)(H,69,78)(H,70,79)(H4,56,57,63)(H4,58,59,64)(H4,60,61,65);25-31,33,36,40H,7-24H2,1-6H3,(H,43,45)(H,44,46)(H,47,55)(H,48,53)(H,49,54)/t32-,33+,34+,35+,36+,38-,39-,40-,41-,42-;30-,31+,33-,36+,40+/m01/s1. The van der Waals surface area contributed by atoms with E-state index in [1.807, 2.05) is 41.5 Å². The van der Waals surface area contributed by atoms with Crippen LogP contribution in [0.4, 0.5) is 0 Å². The number of ketones is 7. The summed E-state index contributed by atoms with van der Waals surface area (Å²) in [5, 5.41) is 29.8. The number of aliphatic hydroxyl groups excluding tert-OH is 1. The Hall–Kier alpha value is -11.1. The van der Waals surface area contributed by atoms with Gasteiger partial charge in [0.2, 0.25) is 47.3 Å². The van der Waals surface area contributed by atoms with Gasteiger partial charge < -0.3 is 97.4 Å². The lowest BCUT2D eigenvalue weighted by molar-refractivity contribution is -0.136. The fourth-order valence-corrected chi connectivity index (χ4v) is 15.6. The van der Waals surface area contributed by atoms with Crippen LogP contribution in [0, 0.1) is 65.1 Å². The summed E-state index contributed by atoms with van der Waals surface area (Å²) in [5.41, 5.74) is 40.8. The molecule has 0 aliphatic carbocycles. The van der Waals surface area contributed by atoms with E-state index in [2.05, 4.69) is 89.0 Å². The normalized spacial score (nSPS) is 14.7. The number of hydrogen-bond acceptors (Lipinski definition) is 22. The molecule has 3 aromatic heterocycles. The first kappa shape index (κ1) is 120. The predicted molar refractivity (Wildman–Crippen MR) is 520 cm³/mol. The summed E-state index contributed by atoms with van der Waals surface area (Å²) in [6, 6.07) is -7.21. The molecule has 0 fully saturated rings. The van der Waals surface area contributed by atoms with Crippen LogP contribution in [-0.4, -0.2) is 209 Å². The number of primary amides is 1. The molecular formula is C96H165N23O16. The molecule has 0 saturated carbocycles. The number of Topliss-reactive ketones (excluding diaryl/α,β-unsaturated/α-hetero) is 7. The molecule has 39 nitrogen and oxygen atoms in total. The van der Waals surface area contributed by atoms with Gasteiger partial charge in [0.25, 0.3) is 0 Å². The van der Waals surface area contributed by atoms with Gasteiger partial charge in [-0.3, -0.25) is 86.9 Å². The zero-order chi connectivity index (χ0) is 101. The number of guanidine groups is 3. The zero-order valence-corrected chi connectivity index (χ0v) is 82.8. The number of imidazole rings is 3. The first-order valence-electron chi connectivity index (χ1n) is 48.7. The Balaban J connectivity index is 0.000000977. The Morgan fingerprint density at radius 2 is 0.763 bits per heavy atom. The van der Waals surface area contributed by atoms with E-state index < -0.39 is 155 Å². The van der Waals surface area contributed by atoms with E-state index >= 15 is 0 Å². The number of nitrogens with zero attached hydrogens (tertiary/aromatic N) is 6. The molecule has 8 amide bonds. The van der Waals surface area contributed by atoms with Gasteiger partial charge in [-0.2, -0.15) is 0 Å². The van der Waals surface area contributed by atoms with Gasteiger partial charge in [0.05, 0.1) is 73.7 Å². The number of rotatable bonds is 74. The molecule has 760 valence electrons. The highest BCUT2D eigenvalue weighted by Crippen LogP contribution is 2.27. The average Bonchev–Trinajstić information content (AvgIpc) is 1.57. The summed E-state index contributed by atoms with van der Waals surface area (Å²) in [7, 11) is 0. The number of nitrogens with one attached hydrogen (secondary N) is 10. The quantitative estimate of drug-likeness (QED) is 0.0167. The van der Waals surface area contributed by atoms with Crippen LogP contribution in [-0.2, 0) is 91.2 Å². The number of carbonyl (C=O) groups excluding carboxylic acids is 15. The van der Waals surface area contributed by atoms with Gasteiger partial charge in [0.15, 0.2) is 58.4 Å². The number of unbranched alkanes of at least 4 members (excludes halogenated alkanes) is 12. The van der Waals surface area contributed by atoms with Gasteiger partial charge in [-0.15, -0.1) is 0 Å². The monoisotopic (exact) mass is 1900 g/mol. The van der Waals surface area contributed by atoms with Gasteiger partial charge in [-0.1, -0.05) is 167 Å². The SMILES string of the molecule is CCCCCCCCCCCCCCCC(=O)N[C@@H](Cc1cnc[nH]1)C(=O)C[C@@H](C)C(=O)N[C@H](C(=O)C[C@@H](Cc1cnc[nH]1)C(=O)N[C@@H](C)C(C)=O)C(C)C.CC[C@@H](C)C(=O)N[C@@H](CCCN=C(N)N)C(=O)C[C@@H](Cc1cnc[nH]1)C(=O)N[C@@H](CCCN=C(N)N)C(=O)C[C@@H](CCCN=C(N)N)C(=O)N[C@@H](CC(C)C)C(=O)C[C@@H](CC(C)C)C(=O)N[C@@H](CO)C(=O)C[C@H](C(N)=O)[C@@H](C)CC. The van der Waals surface area contributed by atoms with Crippen molar-refractivity contribution in [3.63, 3.8) is 0 Å². The fraction of sp³-hybridized carbons (Fsp3) is 0.719. The van der Waals surface area contributed by atoms with Crippen molar-refractivity contribution in [3.05, 3.63) is 54.7 Å². The molecule has 39 heteroatoms. The van der Waals surface area contributed by atoms with Crippen molar-refractivity contribution in [2.24, 2.45) is 120 Å². The fourth-order valence-electron chi connectivity index (χ4n) is 15.6. The summed E-state index contributed by atoms with van der Waals surface area (Å²) < 4.78 is 0. The van der Waals surface area contributed by atoms with E-state index in [0.717, 1.165) is 19.3 Å². The van der Waals surface area contributed by atoms with Crippen molar-refractivity contribution in [3.8, 4) is 0 Å². The second kappa shape index (κ2) is 67.1. The van der Waals surface area contributed by atoms with E-state index in [1.165, 1.54) is 96.3 Å². The Morgan fingerprint density at radius 3 is 1.19 bits per heavy atom. The number of aliphatic imine (C=N–C) groups is 3. The van der Waals surface area contributed by atoms with E-state index in [0.29, 0.717) is 42.8 Å². The molecule has 0 saturated heterocycles. The number of carbonyl (C=O) groups is 15. The Kier molecular flexibility index (Phi) is 59.6. The molecule has 3 heterocycles. The smallest absolute Gasteiger partial charge is 0.224 e. The lowest BCUT2D eigenvalue weighted by Crippen LogP contribution is -2.50. The highest BCUT2D eigenvalue weighted by Gasteiger charge is 2.39. The Morgan fingerprint density at radius 1 is 0.378 bits per heavy atom. The van der Waals surface area contributed by atoms with Crippen molar-refractivity contribution in [1.82, 2.24) is 67.1 Å². The second-order valence-corrected chi connectivity index (χ2v) is 37.5. The summed E-state index contributed by atoms with van der Waals surface area (Å²) in [4.78, 5) is 237. The van der Waals surface area contributed by atoms with Gasteiger partial charge in [-0.05, 0) is 102 Å². The number of hydrogen-bond donors (Lipinski definition) is 18. The number of aliphatic hydroxyl groups is 1. The third kappa shape index (κ3) is 50.8. The summed E-state index contributed by atoms with van der Waals surface area (Å²) in [6.45, 7) is 24.6. The molecule has 0 spiro atoms. The van der Waals surface area contributed by atoms with Crippen LogP contribution >= 0.6 is 0 Å². The molecule has 25 N–H and O–H groups in total. The van der Waals surface area contributed by atoms with E-state index in [1.54, 1.807) is 53.9 Å². The molecule has 0 unspecified atom stereocenters. The van der Waals surface area contributed by atoms with Crippen LogP contribution < -0.4 is 77.4 Å². The highest BCUT2D eigenvalue weighted by atomic mass is 16.3. The molecule has 15 atom stereocenters. The van der Waals surface area contributed by atoms with Gasteiger partial charge in [0, 0.05) is 149 Å². The number of H-pyrrole nitrogens is 3. The minimum absolute atomic E-state index is 0.00683.